The molecule has 0 aliphatic heterocycles. The molecule has 0 heterocycles. The van der Waals surface area contributed by atoms with Crippen LogP contribution in [-0.2, 0) is 0 Å². The van der Waals surface area contributed by atoms with Crippen molar-refractivity contribution in [2.45, 2.75) is 30.7 Å². The van der Waals surface area contributed by atoms with Crippen molar-refractivity contribution in [3.05, 3.63) is 28.2 Å². The molecule has 94 valence electrons. The maximum absolute atomic E-state index is 5.98. The van der Waals surface area contributed by atoms with Crippen LogP contribution in [0.4, 0.5) is 0 Å². The summed E-state index contributed by atoms with van der Waals surface area (Å²) in [5, 5.41) is 4.82. The van der Waals surface area contributed by atoms with Crippen LogP contribution < -0.4 is 5.32 Å². The van der Waals surface area contributed by atoms with E-state index in [0.717, 1.165) is 18.3 Å². The summed E-state index contributed by atoms with van der Waals surface area (Å²) in [6.07, 6.45) is 2.71. The van der Waals surface area contributed by atoms with Crippen LogP contribution in [0.5, 0.6) is 0 Å². The monoisotopic (exact) mass is 289 g/mol. The van der Waals surface area contributed by atoms with Gasteiger partial charge >= 0.3 is 0 Å². The average Bonchev–Trinajstić information content (AvgIpc) is 3.12. The second-order valence-corrected chi connectivity index (χ2v) is 6.58. The largest absolute Gasteiger partial charge is 0.314 e. The maximum Gasteiger partial charge on any atom is 0.0603 e. The van der Waals surface area contributed by atoms with E-state index in [-0.39, 0.29) is 0 Å². The third-order valence-electron chi connectivity index (χ3n) is 2.76. The first kappa shape index (κ1) is 13.5. The zero-order chi connectivity index (χ0) is 12.3. The zero-order valence-corrected chi connectivity index (χ0v) is 12.2. The van der Waals surface area contributed by atoms with Crippen LogP contribution in [0.2, 0.25) is 10.0 Å². The van der Waals surface area contributed by atoms with Crippen LogP contribution in [0.25, 0.3) is 0 Å². The van der Waals surface area contributed by atoms with Gasteiger partial charge in [-0.1, -0.05) is 30.1 Å². The SMILES string of the molecule is CC(CNC1CC1)CSc1ccc(Cl)c(Cl)c1. The number of thioether (sulfide) groups is 1. The van der Waals surface area contributed by atoms with Crippen molar-refractivity contribution in [3.8, 4) is 0 Å². The molecule has 0 amide bonds. The molecule has 1 aliphatic carbocycles. The summed E-state index contributed by atoms with van der Waals surface area (Å²) in [6.45, 7) is 3.39. The highest BCUT2D eigenvalue weighted by molar-refractivity contribution is 7.99. The van der Waals surface area contributed by atoms with Gasteiger partial charge in [0.05, 0.1) is 10.0 Å². The number of hydrogen-bond acceptors (Lipinski definition) is 2. The van der Waals surface area contributed by atoms with Gasteiger partial charge in [0.15, 0.2) is 0 Å². The number of rotatable bonds is 6. The van der Waals surface area contributed by atoms with E-state index in [9.17, 15) is 0 Å². The highest BCUT2D eigenvalue weighted by Crippen LogP contribution is 2.29. The van der Waals surface area contributed by atoms with Crippen molar-refractivity contribution in [3.63, 3.8) is 0 Å². The Balaban J connectivity index is 1.73. The Labute approximate surface area is 117 Å². The van der Waals surface area contributed by atoms with Crippen LogP contribution >= 0.6 is 35.0 Å². The third kappa shape index (κ3) is 4.70. The van der Waals surface area contributed by atoms with Crippen LogP contribution in [0.3, 0.4) is 0 Å². The predicted molar refractivity (Wildman–Crippen MR) is 77.4 cm³/mol. The van der Waals surface area contributed by atoms with Gasteiger partial charge in [0, 0.05) is 16.7 Å². The summed E-state index contributed by atoms with van der Waals surface area (Å²) >= 11 is 13.7. The van der Waals surface area contributed by atoms with Crippen LogP contribution in [0.1, 0.15) is 19.8 Å². The molecule has 1 nitrogen and oxygen atoms in total. The lowest BCUT2D eigenvalue weighted by atomic mass is 10.2. The molecule has 4 heteroatoms. The lowest BCUT2D eigenvalue weighted by molar-refractivity contribution is 0.557. The van der Waals surface area contributed by atoms with Gasteiger partial charge in [-0.05, 0) is 43.5 Å². The Morgan fingerprint density at radius 2 is 2.12 bits per heavy atom. The molecule has 1 atom stereocenters. The van der Waals surface area contributed by atoms with Crippen molar-refractivity contribution in [2.24, 2.45) is 5.92 Å². The van der Waals surface area contributed by atoms with Gasteiger partial charge in [0.25, 0.3) is 0 Å². The van der Waals surface area contributed by atoms with E-state index in [0.29, 0.717) is 16.0 Å². The Morgan fingerprint density at radius 3 is 2.76 bits per heavy atom. The Bertz CT molecular complexity index is 380. The zero-order valence-electron chi connectivity index (χ0n) is 9.88. The normalized spacial score (nSPS) is 17.1. The molecule has 1 aliphatic rings. The summed E-state index contributed by atoms with van der Waals surface area (Å²) in [5.41, 5.74) is 0. The molecular weight excluding hydrogens is 273 g/mol. The van der Waals surface area contributed by atoms with E-state index in [1.165, 1.54) is 17.7 Å². The van der Waals surface area contributed by atoms with E-state index in [4.69, 9.17) is 23.2 Å². The lowest BCUT2D eigenvalue weighted by Crippen LogP contribution is -2.24. The van der Waals surface area contributed by atoms with E-state index in [1.807, 2.05) is 30.0 Å². The second kappa shape index (κ2) is 6.33. The van der Waals surface area contributed by atoms with Crippen LogP contribution in [-0.4, -0.2) is 18.3 Å². The number of halogens is 2. The molecule has 0 aromatic heterocycles. The summed E-state index contributed by atoms with van der Waals surface area (Å²) in [5.74, 6) is 1.78. The van der Waals surface area contributed by atoms with Gasteiger partial charge in [0.1, 0.15) is 0 Å². The smallest absolute Gasteiger partial charge is 0.0603 e. The topological polar surface area (TPSA) is 12.0 Å². The number of benzene rings is 1. The minimum atomic E-state index is 0.625. The van der Waals surface area contributed by atoms with Crippen molar-refractivity contribution in [1.29, 1.82) is 0 Å². The van der Waals surface area contributed by atoms with E-state index in [2.05, 4.69) is 12.2 Å². The van der Waals surface area contributed by atoms with E-state index in [1.54, 1.807) is 0 Å². The molecular formula is C13H17Cl2NS. The van der Waals surface area contributed by atoms with Gasteiger partial charge in [0.2, 0.25) is 0 Å². The molecule has 1 aromatic carbocycles. The minimum absolute atomic E-state index is 0.625. The molecule has 0 radical (unpaired) electrons. The van der Waals surface area contributed by atoms with Crippen molar-refractivity contribution in [1.82, 2.24) is 5.32 Å². The first-order chi connectivity index (χ1) is 8.15. The Morgan fingerprint density at radius 1 is 1.35 bits per heavy atom. The highest BCUT2D eigenvalue weighted by atomic mass is 35.5. The van der Waals surface area contributed by atoms with Crippen molar-refractivity contribution < 1.29 is 0 Å². The Kier molecular flexibility index (Phi) is 5.04. The van der Waals surface area contributed by atoms with Gasteiger partial charge in [-0.25, -0.2) is 0 Å². The molecule has 1 saturated carbocycles. The standard InChI is InChI=1S/C13H17Cl2NS/c1-9(7-16-10-2-3-10)8-17-11-4-5-12(14)13(15)6-11/h4-6,9-10,16H,2-3,7-8H2,1H3. The fourth-order valence-corrected chi connectivity index (χ4v) is 2.84. The molecule has 1 fully saturated rings. The highest BCUT2D eigenvalue weighted by Gasteiger charge is 2.20. The lowest BCUT2D eigenvalue weighted by Gasteiger charge is -2.12. The van der Waals surface area contributed by atoms with Crippen molar-refractivity contribution in [2.75, 3.05) is 12.3 Å². The first-order valence-corrected chi connectivity index (χ1v) is 7.70. The number of hydrogen-bond donors (Lipinski definition) is 1. The molecule has 0 bridgehead atoms. The van der Waals surface area contributed by atoms with Crippen LogP contribution in [0, 0.1) is 5.92 Å². The second-order valence-electron chi connectivity index (χ2n) is 4.67. The van der Waals surface area contributed by atoms with E-state index >= 15 is 0 Å². The maximum atomic E-state index is 5.98. The summed E-state index contributed by atoms with van der Waals surface area (Å²) in [4.78, 5) is 1.19. The van der Waals surface area contributed by atoms with Gasteiger partial charge in [-0.3, -0.25) is 0 Å². The fraction of sp³-hybridized carbons (Fsp3) is 0.538. The molecule has 2 rings (SSSR count). The fourth-order valence-electron chi connectivity index (χ4n) is 1.52. The summed E-state index contributed by atoms with van der Waals surface area (Å²) < 4.78 is 0. The molecule has 1 unspecified atom stereocenters. The van der Waals surface area contributed by atoms with Crippen molar-refractivity contribution >= 4 is 35.0 Å². The molecule has 1 aromatic rings. The average molecular weight is 290 g/mol. The summed E-state index contributed by atoms with van der Waals surface area (Å²) in [7, 11) is 0. The minimum Gasteiger partial charge on any atom is -0.314 e. The van der Waals surface area contributed by atoms with Gasteiger partial charge in [-0.2, -0.15) is 0 Å². The Hall–Kier alpha value is 0.110. The molecule has 1 N–H and O–H groups in total. The first-order valence-electron chi connectivity index (χ1n) is 5.96. The van der Waals surface area contributed by atoms with E-state index < -0.39 is 0 Å². The number of nitrogens with one attached hydrogen (secondary N) is 1. The third-order valence-corrected chi connectivity index (χ3v) is 4.82. The molecule has 0 spiro atoms. The summed E-state index contributed by atoms with van der Waals surface area (Å²) in [6, 6.07) is 6.63. The predicted octanol–water partition coefficient (Wildman–Crippen LogP) is 4.47. The quantitative estimate of drug-likeness (QED) is 0.776. The van der Waals surface area contributed by atoms with Gasteiger partial charge in [-0.15, -0.1) is 11.8 Å². The van der Waals surface area contributed by atoms with Gasteiger partial charge < -0.3 is 5.32 Å². The van der Waals surface area contributed by atoms with Crippen LogP contribution in [0.15, 0.2) is 23.1 Å². The molecule has 17 heavy (non-hydrogen) atoms. The molecule has 0 saturated heterocycles.